The van der Waals surface area contributed by atoms with E-state index in [2.05, 4.69) is 30.8 Å². The minimum absolute atomic E-state index is 0.211. The van der Waals surface area contributed by atoms with Gasteiger partial charge in [-0.15, -0.1) is 14.8 Å². The number of aliphatic carboxylic acids is 1. The van der Waals surface area contributed by atoms with Crippen LogP contribution in [0.15, 0.2) is 42.5 Å². The number of carbonyl (C=O) groups is 2. The summed E-state index contributed by atoms with van der Waals surface area (Å²) in [7, 11) is 0. The van der Waals surface area contributed by atoms with Crippen LogP contribution in [0.5, 0.6) is 0 Å². The Hall–Kier alpha value is -3.56. The first-order valence-corrected chi connectivity index (χ1v) is 9.47. The van der Waals surface area contributed by atoms with Gasteiger partial charge in [0.2, 0.25) is 5.91 Å². The van der Waals surface area contributed by atoms with Gasteiger partial charge in [-0.2, -0.15) is 0 Å². The topological polar surface area (TPSA) is 126 Å². The van der Waals surface area contributed by atoms with Crippen molar-refractivity contribution in [2.75, 3.05) is 18.0 Å². The number of hydrogen-bond donors (Lipinski definition) is 2. The van der Waals surface area contributed by atoms with E-state index in [0.717, 1.165) is 11.4 Å². The molecule has 0 unspecified atom stereocenters. The third-order valence-corrected chi connectivity index (χ3v) is 5.14. The lowest BCUT2D eigenvalue weighted by molar-refractivity contribution is -0.142. The number of anilines is 1. The lowest BCUT2D eigenvalue weighted by Gasteiger charge is -2.32. The number of fused-ring (bicyclic) bond motifs is 1. The van der Waals surface area contributed by atoms with Crippen LogP contribution in [-0.4, -0.2) is 61.4 Å². The average molecular weight is 395 g/mol. The first kappa shape index (κ1) is 18.8. The second-order valence-electron chi connectivity index (χ2n) is 7.07. The molecule has 10 nitrogen and oxygen atoms in total. The number of amides is 1. The zero-order chi connectivity index (χ0) is 20.2. The Kier molecular flexibility index (Phi) is 5.32. The van der Waals surface area contributed by atoms with Crippen LogP contribution >= 0.6 is 0 Å². The van der Waals surface area contributed by atoms with Gasteiger partial charge in [-0.05, 0) is 41.0 Å². The highest BCUT2D eigenvalue weighted by molar-refractivity contribution is 5.85. The summed E-state index contributed by atoms with van der Waals surface area (Å²) in [5, 5.41) is 27.8. The molecule has 1 saturated heterocycles. The number of carbonyl (C=O) groups excluding carboxylic acids is 1. The minimum atomic E-state index is -1.03. The van der Waals surface area contributed by atoms with Gasteiger partial charge in [-0.3, -0.25) is 4.79 Å². The molecule has 0 radical (unpaired) electrons. The fraction of sp³-hybridized carbons (Fsp3) is 0.368. The lowest BCUT2D eigenvalue weighted by atomic mass is 9.95. The molecule has 1 amide bonds. The van der Waals surface area contributed by atoms with Crippen molar-refractivity contribution in [1.82, 2.24) is 30.6 Å². The summed E-state index contributed by atoms with van der Waals surface area (Å²) in [6.07, 6.45) is 1.51. The van der Waals surface area contributed by atoms with Crippen LogP contribution in [-0.2, 0) is 16.0 Å². The zero-order valence-corrected chi connectivity index (χ0v) is 15.7. The molecular weight excluding hydrogens is 374 g/mol. The second-order valence-corrected chi connectivity index (χ2v) is 7.07. The van der Waals surface area contributed by atoms with Gasteiger partial charge in [0.05, 0.1) is 0 Å². The number of nitrogens with zero attached hydrogens (tertiary/aromatic N) is 6. The molecule has 150 valence electrons. The molecule has 0 spiro atoms. The molecule has 1 atom stereocenters. The van der Waals surface area contributed by atoms with Gasteiger partial charge in [0, 0.05) is 25.4 Å². The van der Waals surface area contributed by atoms with Crippen molar-refractivity contribution in [2.24, 2.45) is 5.92 Å². The number of nitrogens with one attached hydrogen (secondary N) is 1. The maximum atomic E-state index is 12.6. The van der Waals surface area contributed by atoms with Crippen LogP contribution < -0.4 is 10.2 Å². The highest BCUT2D eigenvalue weighted by Gasteiger charge is 2.29. The Morgan fingerprint density at radius 2 is 1.90 bits per heavy atom. The highest BCUT2D eigenvalue weighted by atomic mass is 16.4. The first-order valence-electron chi connectivity index (χ1n) is 9.47. The van der Waals surface area contributed by atoms with Crippen LogP contribution in [0.1, 0.15) is 18.4 Å². The highest BCUT2D eigenvalue weighted by Crippen LogP contribution is 2.22. The van der Waals surface area contributed by atoms with Gasteiger partial charge in [-0.1, -0.05) is 30.3 Å². The third kappa shape index (κ3) is 4.31. The van der Waals surface area contributed by atoms with Crippen LogP contribution in [0.2, 0.25) is 0 Å². The first-order chi connectivity index (χ1) is 14.1. The quantitative estimate of drug-likeness (QED) is 0.620. The van der Waals surface area contributed by atoms with Crippen molar-refractivity contribution >= 4 is 23.3 Å². The summed E-state index contributed by atoms with van der Waals surface area (Å²) >= 11 is 0. The predicted octanol–water partition coefficient (Wildman–Crippen LogP) is 0.548. The molecule has 0 aliphatic carbocycles. The molecule has 1 fully saturated rings. The number of tetrazole rings is 1. The Labute approximate surface area is 166 Å². The molecule has 1 aliphatic heterocycles. The van der Waals surface area contributed by atoms with Gasteiger partial charge in [-0.25, -0.2) is 4.79 Å². The van der Waals surface area contributed by atoms with Gasteiger partial charge in [0.1, 0.15) is 6.04 Å². The Morgan fingerprint density at radius 3 is 2.62 bits per heavy atom. The number of hydrogen-bond acceptors (Lipinski definition) is 7. The molecule has 3 heterocycles. The van der Waals surface area contributed by atoms with E-state index in [1.807, 2.05) is 36.4 Å². The maximum Gasteiger partial charge on any atom is 0.326 e. The number of carboxylic acids is 1. The Morgan fingerprint density at radius 1 is 1.14 bits per heavy atom. The van der Waals surface area contributed by atoms with Crippen LogP contribution in [0.3, 0.4) is 0 Å². The van der Waals surface area contributed by atoms with Crippen LogP contribution in [0.4, 0.5) is 5.82 Å². The number of piperidine rings is 1. The van der Waals surface area contributed by atoms with E-state index in [1.54, 1.807) is 6.07 Å². The van der Waals surface area contributed by atoms with E-state index >= 15 is 0 Å². The van der Waals surface area contributed by atoms with E-state index in [-0.39, 0.29) is 18.2 Å². The maximum absolute atomic E-state index is 12.6. The predicted molar refractivity (Wildman–Crippen MR) is 103 cm³/mol. The number of rotatable bonds is 6. The average Bonchev–Trinajstić information content (AvgIpc) is 3.22. The number of aromatic nitrogens is 5. The van der Waals surface area contributed by atoms with Crippen molar-refractivity contribution in [2.45, 2.75) is 25.3 Å². The molecule has 10 heteroatoms. The summed E-state index contributed by atoms with van der Waals surface area (Å²) in [6.45, 7) is 1.30. The van der Waals surface area contributed by atoms with E-state index in [4.69, 9.17) is 0 Å². The summed E-state index contributed by atoms with van der Waals surface area (Å²) < 4.78 is 1.37. The van der Waals surface area contributed by atoms with E-state index < -0.39 is 12.0 Å². The molecule has 0 bridgehead atoms. The molecule has 0 saturated carbocycles. The van der Waals surface area contributed by atoms with Crippen molar-refractivity contribution in [1.29, 1.82) is 0 Å². The van der Waals surface area contributed by atoms with E-state index in [9.17, 15) is 14.7 Å². The molecule has 1 aliphatic rings. The Balaban J connectivity index is 1.34. The SMILES string of the molecule is O=C(N[C@@H](Cc1ccccc1)C(=O)O)C1CCN(c2ccc3nnnn3n2)CC1. The standard InChI is InChI=1S/C19H21N7O3/c27-18(20-15(19(28)29)12-13-4-2-1-3-5-13)14-8-10-25(11-9-14)17-7-6-16-21-23-24-26(16)22-17/h1-7,14-15H,8-12H2,(H,20,27)(H,28,29)/t15-/m0/s1. The number of carboxylic acid groups (broad SMARTS) is 1. The van der Waals surface area contributed by atoms with Gasteiger partial charge in [0.15, 0.2) is 11.5 Å². The molecule has 29 heavy (non-hydrogen) atoms. The van der Waals surface area contributed by atoms with Crippen molar-refractivity contribution < 1.29 is 14.7 Å². The van der Waals surface area contributed by atoms with Crippen molar-refractivity contribution in [3.8, 4) is 0 Å². The van der Waals surface area contributed by atoms with E-state index in [1.165, 1.54) is 4.63 Å². The smallest absolute Gasteiger partial charge is 0.326 e. The van der Waals surface area contributed by atoms with Gasteiger partial charge < -0.3 is 15.3 Å². The largest absolute Gasteiger partial charge is 0.480 e. The molecule has 4 rings (SSSR count). The molecule has 2 aromatic heterocycles. The number of benzene rings is 1. The van der Waals surface area contributed by atoms with Crippen molar-refractivity contribution in [3.63, 3.8) is 0 Å². The summed E-state index contributed by atoms with van der Waals surface area (Å²) in [5.74, 6) is -0.716. The van der Waals surface area contributed by atoms with Gasteiger partial charge in [0.25, 0.3) is 0 Å². The van der Waals surface area contributed by atoms with Crippen LogP contribution in [0, 0.1) is 5.92 Å². The van der Waals surface area contributed by atoms with Crippen molar-refractivity contribution in [3.05, 3.63) is 48.0 Å². The normalized spacial score (nSPS) is 15.9. The molecular formula is C19H21N7O3. The summed E-state index contributed by atoms with van der Waals surface area (Å²) in [5.41, 5.74) is 1.44. The lowest BCUT2D eigenvalue weighted by Crippen LogP contribution is -2.47. The minimum Gasteiger partial charge on any atom is -0.480 e. The Bertz CT molecular complexity index is 999. The molecule has 1 aromatic carbocycles. The second kappa shape index (κ2) is 8.21. The monoisotopic (exact) mass is 395 g/mol. The molecule has 3 aromatic rings. The summed E-state index contributed by atoms with van der Waals surface area (Å²) in [6, 6.07) is 12.0. The van der Waals surface area contributed by atoms with Crippen LogP contribution in [0.25, 0.3) is 5.65 Å². The fourth-order valence-electron chi connectivity index (χ4n) is 3.52. The summed E-state index contributed by atoms with van der Waals surface area (Å²) in [4.78, 5) is 26.3. The van der Waals surface area contributed by atoms with Gasteiger partial charge >= 0.3 is 5.97 Å². The van der Waals surface area contributed by atoms with E-state index in [0.29, 0.717) is 31.6 Å². The third-order valence-electron chi connectivity index (χ3n) is 5.14. The molecule has 2 N–H and O–H groups in total. The fourth-order valence-corrected chi connectivity index (χ4v) is 3.52. The zero-order valence-electron chi connectivity index (χ0n) is 15.7.